The molecule has 0 bridgehead atoms. The van der Waals surface area contributed by atoms with Gasteiger partial charge in [-0.3, -0.25) is 9.29 Å². The van der Waals surface area contributed by atoms with Gasteiger partial charge in [-0.05, 0) is 32.8 Å². The van der Waals surface area contributed by atoms with Gasteiger partial charge in [0.2, 0.25) is 0 Å². The molecule has 0 unspecified atom stereocenters. The Balaban J connectivity index is 1.62. The molecule has 3 saturated heterocycles. The molecule has 11 heteroatoms. The Morgan fingerprint density at radius 2 is 1.94 bits per heavy atom. The number of carbonyl (C=O) groups is 1. The molecule has 0 N–H and O–H groups in total. The molecular weight excluding hydrogens is 457 g/mol. The molecule has 0 saturated carbocycles. The molecule has 2 aromatic rings. The number of alkyl halides is 1. The summed E-state index contributed by atoms with van der Waals surface area (Å²) in [7, 11) is 0. The smallest absolute Gasteiger partial charge is 0.416 e. The van der Waals surface area contributed by atoms with Crippen molar-refractivity contribution in [2.75, 3.05) is 49.4 Å². The second-order valence-corrected chi connectivity index (χ2v) is 9.06. The van der Waals surface area contributed by atoms with Crippen LogP contribution in [0.25, 0.3) is 11.0 Å². The summed E-state index contributed by atoms with van der Waals surface area (Å²) < 4.78 is 41.2. The van der Waals surface area contributed by atoms with Crippen LogP contribution in [0, 0.1) is 0 Å². The number of rotatable bonds is 6. The summed E-state index contributed by atoms with van der Waals surface area (Å²) in [6.45, 7) is 5.95. The van der Waals surface area contributed by atoms with Crippen LogP contribution in [-0.4, -0.2) is 69.1 Å². The van der Waals surface area contributed by atoms with Crippen LogP contribution < -0.4 is 9.80 Å². The van der Waals surface area contributed by atoms with Crippen molar-refractivity contribution in [1.82, 2.24) is 5.16 Å². The zero-order chi connectivity index (χ0) is 23.1. The summed E-state index contributed by atoms with van der Waals surface area (Å²) in [6, 6.07) is 1.53. The number of halogens is 2. The van der Waals surface area contributed by atoms with E-state index in [2.05, 4.69) is 10.1 Å². The van der Waals surface area contributed by atoms with E-state index in [4.69, 9.17) is 35.1 Å². The molecule has 180 valence electrons. The Kier molecular flexibility index (Phi) is 6.34. The number of ether oxygens (including phenoxy) is 4. The Morgan fingerprint density at radius 3 is 2.64 bits per heavy atom. The van der Waals surface area contributed by atoms with Gasteiger partial charge >= 0.3 is 6.09 Å². The fourth-order valence-electron chi connectivity index (χ4n) is 4.85. The van der Waals surface area contributed by atoms with Crippen molar-refractivity contribution in [1.29, 1.82) is 0 Å². The number of hydrogen-bond acceptors (Lipinski definition) is 8. The molecule has 3 aliphatic rings. The maximum Gasteiger partial charge on any atom is 0.416 e. The largest absolute Gasteiger partial charge is 0.447 e. The topological polar surface area (TPSA) is 86.5 Å². The van der Waals surface area contributed by atoms with Gasteiger partial charge in [0.05, 0.1) is 49.2 Å². The van der Waals surface area contributed by atoms with Gasteiger partial charge in [0.25, 0.3) is 0 Å². The average Bonchev–Trinajstić information content (AvgIpc) is 3.51. The van der Waals surface area contributed by atoms with Gasteiger partial charge < -0.3 is 28.4 Å². The van der Waals surface area contributed by atoms with Gasteiger partial charge in [-0.2, -0.15) is 0 Å². The highest BCUT2D eigenvalue weighted by atomic mass is 35.5. The molecule has 5 rings (SSSR count). The number of carbonyl (C=O) groups excluding carboxylic acids is 1. The van der Waals surface area contributed by atoms with E-state index in [0.717, 1.165) is 11.3 Å². The highest BCUT2D eigenvalue weighted by molar-refractivity contribution is 6.38. The fraction of sp³-hybridized carbons (Fsp3) is 0.636. The van der Waals surface area contributed by atoms with Crippen molar-refractivity contribution in [3.63, 3.8) is 0 Å². The van der Waals surface area contributed by atoms with Crippen LogP contribution in [0.3, 0.4) is 0 Å². The summed E-state index contributed by atoms with van der Waals surface area (Å²) in [5, 5.41) is 5.10. The van der Waals surface area contributed by atoms with Gasteiger partial charge in [-0.15, -0.1) is 0 Å². The number of nitrogens with zero attached hydrogens (tertiary/aromatic N) is 3. The summed E-state index contributed by atoms with van der Waals surface area (Å²) >= 11 is 6.92. The zero-order valence-corrected chi connectivity index (χ0v) is 19.3. The molecular formula is C22H27ClFN3O6. The summed E-state index contributed by atoms with van der Waals surface area (Å²) in [5.74, 6) is 0.299. The van der Waals surface area contributed by atoms with Crippen LogP contribution in [0.2, 0.25) is 5.02 Å². The van der Waals surface area contributed by atoms with Crippen LogP contribution in [0.5, 0.6) is 0 Å². The Labute approximate surface area is 195 Å². The highest BCUT2D eigenvalue weighted by Crippen LogP contribution is 2.45. The van der Waals surface area contributed by atoms with Crippen LogP contribution in [0.4, 0.5) is 20.7 Å². The predicted octanol–water partition coefficient (Wildman–Crippen LogP) is 4.22. The Bertz CT molecular complexity index is 1020. The number of anilines is 2. The molecule has 1 aromatic carbocycles. The third kappa shape index (κ3) is 4.14. The van der Waals surface area contributed by atoms with E-state index in [-0.39, 0.29) is 24.9 Å². The SMILES string of the molecule is C[C@@H]1CN(c2c(C3OCCO3)cc3c(N4C(=O)OC[C@@H]4CCCF)noc3c2Cl)C[C@@H](C)O1. The number of benzene rings is 1. The van der Waals surface area contributed by atoms with Crippen LogP contribution in [0.1, 0.15) is 38.5 Å². The van der Waals surface area contributed by atoms with Gasteiger partial charge in [0.1, 0.15) is 11.6 Å². The van der Waals surface area contributed by atoms with Crippen molar-refractivity contribution < 1.29 is 32.7 Å². The van der Waals surface area contributed by atoms with E-state index in [1.54, 1.807) is 0 Å². The molecule has 4 heterocycles. The number of fused-ring (bicyclic) bond motifs is 1. The lowest BCUT2D eigenvalue weighted by Crippen LogP contribution is -2.46. The first-order chi connectivity index (χ1) is 16.0. The first-order valence-electron chi connectivity index (χ1n) is 11.2. The van der Waals surface area contributed by atoms with Crippen molar-refractivity contribution in [2.24, 2.45) is 0 Å². The van der Waals surface area contributed by atoms with Crippen molar-refractivity contribution >= 4 is 40.2 Å². The molecule has 0 spiro atoms. The normalized spacial score (nSPS) is 26.5. The first-order valence-corrected chi connectivity index (χ1v) is 11.6. The summed E-state index contributed by atoms with van der Waals surface area (Å²) in [5.41, 5.74) is 1.85. The van der Waals surface area contributed by atoms with E-state index in [1.165, 1.54) is 4.90 Å². The fourth-order valence-corrected chi connectivity index (χ4v) is 5.22. The van der Waals surface area contributed by atoms with E-state index in [0.29, 0.717) is 61.0 Å². The van der Waals surface area contributed by atoms with Crippen molar-refractivity contribution in [3.05, 3.63) is 16.7 Å². The lowest BCUT2D eigenvalue weighted by Gasteiger charge is -2.38. The van der Waals surface area contributed by atoms with E-state index in [9.17, 15) is 9.18 Å². The van der Waals surface area contributed by atoms with Crippen molar-refractivity contribution in [2.45, 2.75) is 51.2 Å². The monoisotopic (exact) mass is 483 g/mol. The van der Waals surface area contributed by atoms with Crippen LogP contribution >= 0.6 is 11.6 Å². The van der Waals surface area contributed by atoms with E-state index >= 15 is 0 Å². The average molecular weight is 484 g/mol. The molecule has 9 nitrogen and oxygen atoms in total. The molecule has 3 atom stereocenters. The second-order valence-electron chi connectivity index (χ2n) is 8.68. The molecule has 3 aliphatic heterocycles. The highest BCUT2D eigenvalue weighted by Gasteiger charge is 2.39. The first kappa shape index (κ1) is 22.6. The molecule has 0 aliphatic carbocycles. The van der Waals surface area contributed by atoms with Crippen LogP contribution in [0.15, 0.2) is 10.6 Å². The number of cyclic esters (lactones) is 1. The standard InChI is InChI=1S/C22H27ClFN3O6/c1-12-9-26(10-13(2)32-12)18-15(21-29-6-7-30-21)8-16-19(17(18)23)33-25-20(16)27-14(4-3-5-24)11-31-22(27)28/h8,12-14,21H,3-7,9-11H2,1-2H3/t12-,13-,14+/m1/s1. The van der Waals surface area contributed by atoms with Gasteiger partial charge in [-0.1, -0.05) is 16.8 Å². The summed E-state index contributed by atoms with van der Waals surface area (Å²) in [4.78, 5) is 16.1. The minimum Gasteiger partial charge on any atom is -0.447 e. The van der Waals surface area contributed by atoms with E-state index < -0.39 is 19.1 Å². The minimum atomic E-state index is -0.606. The Morgan fingerprint density at radius 1 is 1.21 bits per heavy atom. The summed E-state index contributed by atoms with van der Waals surface area (Å²) in [6.07, 6.45) is -0.348. The number of hydrogen-bond donors (Lipinski definition) is 0. The predicted molar refractivity (Wildman–Crippen MR) is 119 cm³/mol. The number of amides is 1. The lowest BCUT2D eigenvalue weighted by molar-refractivity contribution is -0.0443. The molecule has 1 aromatic heterocycles. The number of aromatic nitrogens is 1. The second kappa shape index (κ2) is 9.25. The van der Waals surface area contributed by atoms with Gasteiger partial charge in [-0.25, -0.2) is 4.79 Å². The molecule has 0 radical (unpaired) electrons. The Hall–Kier alpha value is -2.14. The third-order valence-corrected chi connectivity index (χ3v) is 6.51. The van der Waals surface area contributed by atoms with E-state index in [1.807, 2.05) is 19.9 Å². The van der Waals surface area contributed by atoms with Gasteiger partial charge in [0.15, 0.2) is 17.7 Å². The third-order valence-electron chi connectivity index (χ3n) is 6.16. The molecule has 1 amide bonds. The lowest BCUT2D eigenvalue weighted by atomic mass is 10.1. The zero-order valence-electron chi connectivity index (χ0n) is 18.6. The van der Waals surface area contributed by atoms with Gasteiger partial charge in [0, 0.05) is 18.7 Å². The number of morpholine rings is 1. The van der Waals surface area contributed by atoms with Crippen LogP contribution in [-0.2, 0) is 18.9 Å². The molecule has 33 heavy (non-hydrogen) atoms. The minimum absolute atomic E-state index is 0.0136. The maximum absolute atomic E-state index is 12.8. The maximum atomic E-state index is 12.8. The van der Waals surface area contributed by atoms with Crippen molar-refractivity contribution in [3.8, 4) is 0 Å². The quantitative estimate of drug-likeness (QED) is 0.603. The molecule has 3 fully saturated rings.